The first-order valence-corrected chi connectivity index (χ1v) is 12.1. The number of halogens is 1. The van der Waals surface area contributed by atoms with E-state index >= 15 is 0 Å². The number of nitrogens with one attached hydrogen (secondary N) is 1. The van der Waals surface area contributed by atoms with Crippen LogP contribution in [-0.4, -0.2) is 35.6 Å². The summed E-state index contributed by atoms with van der Waals surface area (Å²) in [6.07, 6.45) is 0. The maximum atomic E-state index is 12.7. The number of ether oxygens (including phenoxy) is 2. The zero-order valence-electron chi connectivity index (χ0n) is 20.4. The summed E-state index contributed by atoms with van der Waals surface area (Å²) in [5, 5.41) is 2.99. The van der Waals surface area contributed by atoms with Gasteiger partial charge in [-0.05, 0) is 36.4 Å². The van der Waals surface area contributed by atoms with Crippen molar-refractivity contribution in [3.05, 3.63) is 108 Å². The molecule has 1 heterocycles. The van der Waals surface area contributed by atoms with Crippen molar-refractivity contribution in [2.75, 3.05) is 19.0 Å². The van der Waals surface area contributed by atoms with Crippen molar-refractivity contribution >= 4 is 40.2 Å². The number of nitrogens with zero attached hydrogens (tertiary/aromatic N) is 2. The van der Waals surface area contributed by atoms with E-state index in [1.54, 1.807) is 36.4 Å². The van der Waals surface area contributed by atoms with Crippen LogP contribution in [0.2, 0.25) is 5.02 Å². The van der Waals surface area contributed by atoms with Crippen LogP contribution in [0.25, 0.3) is 33.5 Å². The van der Waals surface area contributed by atoms with Gasteiger partial charge >= 0.3 is 5.97 Å². The van der Waals surface area contributed by atoms with Crippen molar-refractivity contribution in [1.82, 2.24) is 9.97 Å². The molecule has 0 unspecified atom stereocenters. The van der Waals surface area contributed by atoms with Gasteiger partial charge in [0.1, 0.15) is 5.75 Å². The summed E-state index contributed by atoms with van der Waals surface area (Å²) < 4.78 is 10.3. The Morgan fingerprint density at radius 2 is 1.42 bits per heavy atom. The van der Waals surface area contributed by atoms with E-state index in [1.807, 2.05) is 60.7 Å². The fraction of sp³-hybridized carbons (Fsp3) is 0.0667. The minimum atomic E-state index is -0.648. The summed E-state index contributed by atoms with van der Waals surface area (Å²) in [6, 6.07) is 29.3. The van der Waals surface area contributed by atoms with Crippen molar-refractivity contribution in [2.45, 2.75) is 0 Å². The second kappa shape index (κ2) is 11.1. The van der Waals surface area contributed by atoms with Gasteiger partial charge in [0.05, 0.1) is 40.1 Å². The molecular weight excluding hydrogens is 502 g/mol. The van der Waals surface area contributed by atoms with Crippen molar-refractivity contribution in [2.24, 2.45) is 0 Å². The first-order chi connectivity index (χ1) is 18.5. The Hall–Kier alpha value is -4.75. The number of rotatable bonds is 7. The third-order valence-corrected chi connectivity index (χ3v) is 6.06. The number of hydrogen-bond acceptors (Lipinski definition) is 6. The number of methoxy groups -OCH3 is 1. The molecule has 5 rings (SSSR count). The van der Waals surface area contributed by atoms with Crippen molar-refractivity contribution in [3.8, 4) is 28.3 Å². The summed E-state index contributed by atoms with van der Waals surface area (Å²) in [5.41, 5.74) is 5.18. The third kappa shape index (κ3) is 5.48. The summed E-state index contributed by atoms with van der Waals surface area (Å²) >= 11 is 6.09. The average molecular weight is 524 g/mol. The quantitative estimate of drug-likeness (QED) is 0.247. The molecule has 8 heteroatoms. The minimum absolute atomic E-state index is 0.263. The molecule has 0 aliphatic heterocycles. The fourth-order valence-corrected chi connectivity index (χ4v) is 4.19. The lowest BCUT2D eigenvalue weighted by Crippen LogP contribution is -2.21. The Balaban J connectivity index is 1.37. The highest BCUT2D eigenvalue weighted by molar-refractivity contribution is 6.32. The number of esters is 1. The van der Waals surface area contributed by atoms with Crippen LogP contribution in [0, 0.1) is 0 Å². The van der Waals surface area contributed by atoms with Crippen LogP contribution in [0.3, 0.4) is 0 Å². The first kappa shape index (κ1) is 24.9. The molecule has 0 aliphatic carbocycles. The fourth-order valence-electron chi connectivity index (χ4n) is 3.93. The van der Waals surface area contributed by atoms with Gasteiger partial charge in [-0.1, -0.05) is 72.3 Å². The molecule has 5 aromatic rings. The van der Waals surface area contributed by atoms with E-state index in [2.05, 4.69) is 5.32 Å². The third-order valence-electron chi connectivity index (χ3n) is 5.76. The van der Waals surface area contributed by atoms with E-state index in [1.165, 1.54) is 7.11 Å². The highest BCUT2D eigenvalue weighted by atomic mass is 35.5. The highest BCUT2D eigenvalue weighted by Gasteiger charge is 2.16. The van der Waals surface area contributed by atoms with Crippen molar-refractivity contribution in [3.63, 3.8) is 0 Å². The molecule has 0 aliphatic rings. The Kier molecular flexibility index (Phi) is 7.28. The number of benzene rings is 4. The van der Waals surface area contributed by atoms with E-state index < -0.39 is 18.5 Å². The zero-order valence-corrected chi connectivity index (χ0v) is 21.1. The predicted molar refractivity (Wildman–Crippen MR) is 147 cm³/mol. The second-order valence-corrected chi connectivity index (χ2v) is 8.74. The summed E-state index contributed by atoms with van der Waals surface area (Å²) in [5.74, 6) is -0.661. The molecule has 0 spiro atoms. The van der Waals surface area contributed by atoms with Crippen LogP contribution >= 0.6 is 11.6 Å². The average Bonchev–Trinajstić information content (AvgIpc) is 2.96. The lowest BCUT2D eigenvalue weighted by Gasteiger charge is -2.11. The number of hydrogen-bond donors (Lipinski definition) is 1. The molecular formula is C30H22ClN3O4. The van der Waals surface area contributed by atoms with Gasteiger partial charge in [0.2, 0.25) is 0 Å². The van der Waals surface area contributed by atoms with E-state index in [0.29, 0.717) is 33.2 Å². The summed E-state index contributed by atoms with van der Waals surface area (Å²) in [6.45, 7) is -0.464. The smallest absolute Gasteiger partial charge is 0.338 e. The van der Waals surface area contributed by atoms with E-state index in [-0.39, 0.29) is 5.56 Å². The molecule has 1 N–H and O–H groups in total. The van der Waals surface area contributed by atoms with Crippen molar-refractivity contribution in [1.29, 1.82) is 0 Å². The summed E-state index contributed by atoms with van der Waals surface area (Å²) in [7, 11) is 1.50. The molecule has 1 aromatic heterocycles. The van der Waals surface area contributed by atoms with Crippen LogP contribution < -0.4 is 10.1 Å². The monoisotopic (exact) mass is 523 g/mol. The SMILES string of the molecule is COc1ccc(NC(=O)COC(=O)c2ccc3nc(-c4ccccc4)c(-c4ccccc4)nc3c2)cc1Cl. The Labute approximate surface area is 224 Å². The molecule has 38 heavy (non-hydrogen) atoms. The minimum Gasteiger partial charge on any atom is -0.495 e. The number of carbonyl (C=O) groups excluding carboxylic acids is 2. The molecule has 4 aromatic carbocycles. The molecule has 1 amide bonds. The van der Waals surface area contributed by atoms with Crippen LogP contribution in [0.4, 0.5) is 5.69 Å². The zero-order chi connectivity index (χ0) is 26.5. The number of aromatic nitrogens is 2. The number of amides is 1. The van der Waals surface area contributed by atoms with E-state index in [0.717, 1.165) is 16.8 Å². The Morgan fingerprint density at radius 3 is 2.03 bits per heavy atom. The predicted octanol–water partition coefficient (Wildman–Crippen LogP) is 6.42. The van der Waals surface area contributed by atoms with Gasteiger partial charge in [-0.3, -0.25) is 4.79 Å². The molecule has 0 bridgehead atoms. The van der Waals surface area contributed by atoms with E-state index in [9.17, 15) is 9.59 Å². The second-order valence-electron chi connectivity index (χ2n) is 8.33. The number of anilines is 1. The van der Waals surface area contributed by atoms with Crippen LogP contribution in [-0.2, 0) is 9.53 Å². The topological polar surface area (TPSA) is 90.4 Å². The Bertz CT molecular complexity index is 1630. The van der Waals surface area contributed by atoms with Gasteiger partial charge in [0.25, 0.3) is 5.91 Å². The maximum Gasteiger partial charge on any atom is 0.338 e. The molecule has 0 saturated carbocycles. The number of fused-ring (bicyclic) bond motifs is 1. The van der Waals surface area contributed by atoms with Gasteiger partial charge in [-0.2, -0.15) is 0 Å². The lowest BCUT2D eigenvalue weighted by molar-refractivity contribution is -0.119. The van der Waals surface area contributed by atoms with Gasteiger partial charge in [-0.25, -0.2) is 14.8 Å². The molecule has 7 nitrogen and oxygen atoms in total. The van der Waals surface area contributed by atoms with E-state index in [4.69, 9.17) is 31.0 Å². The van der Waals surface area contributed by atoms with Crippen molar-refractivity contribution < 1.29 is 19.1 Å². The van der Waals surface area contributed by atoms with Gasteiger partial charge < -0.3 is 14.8 Å². The normalized spacial score (nSPS) is 10.7. The molecule has 0 atom stereocenters. The first-order valence-electron chi connectivity index (χ1n) is 11.7. The van der Waals surface area contributed by atoms with Gasteiger partial charge in [-0.15, -0.1) is 0 Å². The number of carbonyl (C=O) groups is 2. The molecule has 188 valence electrons. The summed E-state index contributed by atoms with van der Waals surface area (Å²) in [4.78, 5) is 34.8. The van der Waals surface area contributed by atoms with Crippen LogP contribution in [0.5, 0.6) is 5.75 Å². The molecule has 0 fully saturated rings. The van der Waals surface area contributed by atoms with Crippen LogP contribution in [0.15, 0.2) is 97.1 Å². The highest BCUT2D eigenvalue weighted by Crippen LogP contribution is 2.31. The largest absolute Gasteiger partial charge is 0.495 e. The van der Waals surface area contributed by atoms with Gasteiger partial charge in [0, 0.05) is 16.8 Å². The lowest BCUT2D eigenvalue weighted by atomic mass is 10.0. The Morgan fingerprint density at radius 1 is 0.789 bits per heavy atom. The standard InChI is InChI=1S/C30H22ClN3O4/c1-37-26-15-13-22(17-23(26)31)32-27(35)18-38-30(36)21-12-14-24-25(16-21)34-29(20-10-6-3-7-11-20)28(33-24)19-8-4-2-5-9-19/h2-17H,18H2,1H3,(H,32,35). The van der Waals surface area contributed by atoms with Crippen LogP contribution in [0.1, 0.15) is 10.4 Å². The molecule has 0 radical (unpaired) electrons. The van der Waals surface area contributed by atoms with Gasteiger partial charge in [0.15, 0.2) is 6.61 Å². The maximum absolute atomic E-state index is 12.7. The molecule has 0 saturated heterocycles.